The number of nitrogens with one attached hydrogen (secondary N) is 1. The molecule has 1 amide bonds. The summed E-state index contributed by atoms with van der Waals surface area (Å²) in [6, 6.07) is 7.51. The van der Waals surface area contributed by atoms with E-state index in [1.807, 2.05) is 24.3 Å². The Hall–Kier alpha value is -1.39. The summed E-state index contributed by atoms with van der Waals surface area (Å²) in [4.78, 5) is 11.6. The zero-order chi connectivity index (χ0) is 13.4. The summed E-state index contributed by atoms with van der Waals surface area (Å²) < 4.78 is 5.31. The Bertz CT molecular complexity index is 378. The summed E-state index contributed by atoms with van der Waals surface area (Å²) in [7, 11) is 0. The number of para-hydroxylation sites is 1. The normalized spacial score (nSPS) is 10.7. The van der Waals surface area contributed by atoms with Gasteiger partial charge in [-0.2, -0.15) is 0 Å². The third-order valence-electron chi connectivity index (χ3n) is 2.58. The molecule has 1 rings (SSSR count). The van der Waals surface area contributed by atoms with Crippen LogP contribution in [0, 0.1) is 5.92 Å². The minimum atomic E-state index is -0.139. The van der Waals surface area contributed by atoms with Gasteiger partial charge in [-0.1, -0.05) is 32.0 Å². The third kappa shape index (κ3) is 5.29. The first-order valence-electron chi connectivity index (χ1n) is 6.29. The van der Waals surface area contributed by atoms with E-state index in [0.717, 1.165) is 17.7 Å². The highest BCUT2D eigenvalue weighted by Crippen LogP contribution is 2.13. The highest BCUT2D eigenvalue weighted by molar-refractivity contribution is 5.92. The quantitative estimate of drug-likeness (QED) is 0.729. The number of anilines is 1. The smallest absolute Gasteiger partial charge is 0.250 e. The van der Waals surface area contributed by atoms with Crippen molar-refractivity contribution in [2.24, 2.45) is 11.7 Å². The highest BCUT2D eigenvalue weighted by atomic mass is 16.5. The Labute approximate surface area is 109 Å². The molecule has 0 saturated heterocycles. The van der Waals surface area contributed by atoms with Crippen molar-refractivity contribution in [1.82, 2.24) is 0 Å². The first kappa shape index (κ1) is 14.7. The molecule has 3 N–H and O–H groups in total. The SMILES string of the molecule is CC(C)CCOCC(=O)Nc1ccccc1CN. The zero-order valence-electron chi connectivity index (χ0n) is 11.1. The molecular weight excluding hydrogens is 228 g/mol. The summed E-state index contributed by atoms with van der Waals surface area (Å²) >= 11 is 0. The number of rotatable bonds is 7. The molecule has 0 aliphatic rings. The van der Waals surface area contributed by atoms with Crippen LogP contribution in [0.5, 0.6) is 0 Å². The summed E-state index contributed by atoms with van der Waals surface area (Å²) in [5.74, 6) is 0.450. The van der Waals surface area contributed by atoms with E-state index < -0.39 is 0 Å². The fourth-order valence-corrected chi connectivity index (χ4v) is 1.49. The molecule has 0 atom stereocenters. The van der Waals surface area contributed by atoms with E-state index in [1.54, 1.807) is 0 Å². The topological polar surface area (TPSA) is 64.3 Å². The van der Waals surface area contributed by atoms with Gasteiger partial charge in [0.2, 0.25) is 5.91 Å². The van der Waals surface area contributed by atoms with E-state index in [-0.39, 0.29) is 12.5 Å². The Kier molecular flexibility index (Phi) is 6.39. The van der Waals surface area contributed by atoms with Gasteiger partial charge in [0.15, 0.2) is 0 Å². The lowest BCUT2D eigenvalue weighted by Gasteiger charge is -2.10. The minimum Gasteiger partial charge on any atom is -0.372 e. The van der Waals surface area contributed by atoms with E-state index >= 15 is 0 Å². The number of hydrogen-bond acceptors (Lipinski definition) is 3. The van der Waals surface area contributed by atoms with Crippen LogP contribution in [0.15, 0.2) is 24.3 Å². The van der Waals surface area contributed by atoms with E-state index in [2.05, 4.69) is 19.2 Å². The molecule has 0 bridgehead atoms. The van der Waals surface area contributed by atoms with E-state index in [9.17, 15) is 4.79 Å². The number of amides is 1. The maximum atomic E-state index is 11.6. The predicted octanol–water partition coefficient (Wildman–Crippen LogP) is 2.15. The van der Waals surface area contributed by atoms with Gasteiger partial charge in [0.05, 0.1) is 0 Å². The number of carbonyl (C=O) groups is 1. The summed E-state index contributed by atoms with van der Waals surface area (Å²) in [6.07, 6.45) is 0.965. The molecule has 1 aromatic carbocycles. The second-order valence-corrected chi connectivity index (χ2v) is 4.64. The lowest BCUT2D eigenvalue weighted by atomic mass is 10.1. The molecule has 100 valence electrons. The van der Waals surface area contributed by atoms with Crippen molar-refractivity contribution in [3.05, 3.63) is 29.8 Å². The Morgan fingerprint density at radius 1 is 1.39 bits per heavy atom. The van der Waals surface area contributed by atoms with E-state index in [0.29, 0.717) is 19.1 Å². The van der Waals surface area contributed by atoms with Gasteiger partial charge in [0.1, 0.15) is 6.61 Å². The number of carbonyl (C=O) groups excluding carboxylic acids is 1. The molecule has 0 aromatic heterocycles. The number of hydrogen-bond donors (Lipinski definition) is 2. The van der Waals surface area contributed by atoms with Crippen LogP contribution in [-0.4, -0.2) is 19.1 Å². The average molecular weight is 250 g/mol. The monoisotopic (exact) mass is 250 g/mol. The van der Waals surface area contributed by atoms with Crippen LogP contribution in [0.2, 0.25) is 0 Å². The maximum absolute atomic E-state index is 11.6. The van der Waals surface area contributed by atoms with Crippen LogP contribution in [0.4, 0.5) is 5.69 Å². The molecular formula is C14H22N2O2. The van der Waals surface area contributed by atoms with Gasteiger partial charge in [0.25, 0.3) is 0 Å². The van der Waals surface area contributed by atoms with Gasteiger partial charge in [-0.05, 0) is 24.0 Å². The summed E-state index contributed by atoms with van der Waals surface area (Å²) in [5.41, 5.74) is 7.28. The molecule has 0 spiro atoms. The van der Waals surface area contributed by atoms with Crippen molar-refractivity contribution >= 4 is 11.6 Å². The van der Waals surface area contributed by atoms with Gasteiger partial charge in [-0.25, -0.2) is 0 Å². The van der Waals surface area contributed by atoms with Gasteiger partial charge in [0, 0.05) is 18.8 Å². The van der Waals surface area contributed by atoms with Gasteiger partial charge >= 0.3 is 0 Å². The maximum Gasteiger partial charge on any atom is 0.250 e. The largest absolute Gasteiger partial charge is 0.372 e. The Morgan fingerprint density at radius 2 is 2.11 bits per heavy atom. The van der Waals surface area contributed by atoms with Crippen LogP contribution < -0.4 is 11.1 Å². The molecule has 0 aliphatic heterocycles. The second-order valence-electron chi connectivity index (χ2n) is 4.64. The lowest BCUT2D eigenvalue weighted by molar-refractivity contribution is -0.120. The highest BCUT2D eigenvalue weighted by Gasteiger charge is 2.05. The van der Waals surface area contributed by atoms with Crippen molar-refractivity contribution in [2.45, 2.75) is 26.8 Å². The summed E-state index contributed by atoms with van der Waals surface area (Å²) in [5, 5.41) is 2.81. The van der Waals surface area contributed by atoms with Gasteiger partial charge in [-0.15, -0.1) is 0 Å². The van der Waals surface area contributed by atoms with Crippen molar-refractivity contribution in [3.63, 3.8) is 0 Å². The number of benzene rings is 1. The molecule has 4 nitrogen and oxygen atoms in total. The third-order valence-corrected chi connectivity index (χ3v) is 2.58. The molecule has 0 aliphatic carbocycles. The van der Waals surface area contributed by atoms with E-state index in [1.165, 1.54) is 0 Å². The van der Waals surface area contributed by atoms with Gasteiger partial charge < -0.3 is 15.8 Å². The van der Waals surface area contributed by atoms with Crippen LogP contribution in [-0.2, 0) is 16.1 Å². The van der Waals surface area contributed by atoms with Crippen LogP contribution in [0.3, 0.4) is 0 Å². The molecule has 4 heteroatoms. The van der Waals surface area contributed by atoms with E-state index in [4.69, 9.17) is 10.5 Å². The van der Waals surface area contributed by atoms with Crippen LogP contribution in [0.25, 0.3) is 0 Å². The molecule has 1 aromatic rings. The van der Waals surface area contributed by atoms with Crippen molar-refractivity contribution in [1.29, 1.82) is 0 Å². The fraction of sp³-hybridized carbons (Fsp3) is 0.500. The predicted molar refractivity (Wildman–Crippen MR) is 73.2 cm³/mol. The first-order valence-corrected chi connectivity index (χ1v) is 6.29. The molecule has 0 radical (unpaired) electrons. The lowest BCUT2D eigenvalue weighted by Crippen LogP contribution is -2.20. The number of ether oxygens (including phenoxy) is 1. The molecule has 0 fully saturated rings. The van der Waals surface area contributed by atoms with Crippen LogP contribution in [0.1, 0.15) is 25.8 Å². The van der Waals surface area contributed by atoms with Crippen molar-refractivity contribution in [3.8, 4) is 0 Å². The second kappa shape index (κ2) is 7.84. The molecule has 0 heterocycles. The average Bonchev–Trinajstić information content (AvgIpc) is 2.35. The fourth-order valence-electron chi connectivity index (χ4n) is 1.49. The Morgan fingerprint density at radius 3 is 2.78 bits per heavy atom. The first-order chi connectivity index (χ1) is 8.63. The minimum absolute atomic E-state index is 0.0889. The molecule has 18 heavy (non-hydrogen) atoms. The van der Waals surface area contributed by atoms with Crippen molar-refractivity contribution < 1.29 is 9.53 Å². The molecule has 0 saturated carbocycles. The van der Waals surface area contributed by atoms with Gasteiger partial charge in [-0.3, -0.25) is 4.79 Å². The van der Waals surface area contributed by atoms with Crippen molar-refractivity contribution in [2.75, 3.05) is 18.5 Å². The van der Waals surface area contributed by atoms with Crippen LogP contribution >= 0.6 is 0 Å². The standard InChI is InChI=1S/C14H22N2O2/c1-11(2)7-8-18-10-14(17)16-13-6-4-3-5-12(13)9-15/h3-6,11H,7-10,15H2,1-2H3,(H,16,17). The zero-order valence-corrected chi connectivity index (χ0v) is 11.1. The summed E-state index contributed by atoms with van der Waals surface area (Å²) in [6.45, 7) is 5.36. The number of nitrogens with two attached hydrogens (primary N) is 1. The Balaban J connectivity index is 2.35. The molecule has 0 unspecified atom stereocenters.